The summed E-state index contributed by atoms with van der Waals surface area (Å²) >= 11 is 5.52. The lowest BCUT2D eigenvalue weighted by atomic mass is 10.1. The number of nitrogens with zero attached hydrogens (tertiary/aromatic N) is 1. The topological polar surface area (TPSA) is 12.5 Å². The second kappa shape index (κ2) is 5.30. The van der Waals surface area contributed by atoms with Gasteiger partial charge < -0.3 is 9.64 Å². The van der Waals surface area contributed by atoms with E-state index in [0.29, 0.717) is 0 Å². The lowest BCUT2D eigenvalue weighted by molar-refractivity contribution is 0.347. The maximum Gasteiger partial charge on any atom is 0.119 e. The number of benzene rings is 1. The van der Waals surface area contributed by atoms with Crippen LogP contribution < -0.4 is 4.74 Å². The Morgan fingerprint density at radius 2 is 2.00 bits per heavy atom. The number of thiocarbonyl (C=S) groups is 1. The zero-order valence-electron chi connectivity index (χ0n) is 9.61. The summed E-state index contributed by atoms with van der Waals surface area (Å²) in [5.74, 6) is 0.872. The second-order valence-corrected chi connectivity index (χ2v) is 4.47. The SMILES string of the molecule is COc1cccc(C(=S)N2CCCCC2)c1. The molecule has 1 heterocycles. The molecule has 0 atom stereocenters. The highest BCUT2D eigenvalue weighted by Crippen LogP contribution is 2.18. The van der Waals surface area contributed by atoms with Crippen LogP contribution in [0.2, 0.25) is 0 Å². The summed E-state index contributed by atoms with van der Waals surface area (Å²) in [7, 11) is 1.68. The van der Waals surface area contributed by atoms with Crippen LogP contribution in [0, 0.1) is 0 Å². The molecule has 0 spiro atoms. The third kappa shape index (κ3) is 2.53. The highest BCUT2D eigenvalue weighted by Gasteiger charge is 2.14. The van der Waals surface area contributed by atoms with Crippen molar-refractivity contribution >= 4 is 17.2 Å². The van der Waals surface area contributed by atoms with Crippen molar-refractivity contribution < 1.29 is 4.74 Å². The van der Waals surface area contributed by atoms with Crippen LogP contribution in [-0.2, 0) is 0 Å². The van der Waals surface area contributed by atoms with Crippen molar-refractivity contribution in [2.45, 2.75) is 19.3 Å². The lowest BCUT2D eigenvalue weighted by Crippen LogP contribution is -2.34. The van der Waals surface area contributed by atoms with E-state index in [-0.39, 0.29) is 0 Å². The van der Waals surface area contributed by atoms with Crippen molar-refractivity contribution in [1.29, 1.82) is 0 Å². The summed E-state index contributed by atoms with van der Waals surface area (Å²) in [4.78, 5) is 3.26. The molecule has 0 aromatic heterocycles. The van der Waals surface area contributed by atoms with E-state index < -0.39 is 0 Å². The Labute approximate surface area is 102 Å². The first-order valence-corrected chi connectivity index (χ1v) is 6.15. The minimum Gasteiger partial charge on any atom is -0.497 e. The third-order valence-corrected chi connectivity index (χ3v) is 3.45. The number of piperidine rings is 1. The van der Waals surface area contributed by atoms with Crippen LogP contribution in [0.3, 0.4) is 0 Å². The van der Waals surface area contributed by atoms with E-state index in [9.17, 15) is 0 Å². The molecule has 1 saturated heterocycles. The van der Waals surface area contributed by atoms with E-state index in [2.05, 4.69) is 11.0 Å². The van der Waals surface area contributed by atoms with Crippen molar-refractivity contribution in [1.82, 2.24) is 4.90 Å². The number of hydrogen-bond acceptors (Lipinski definition) is 2. The van der Waals surface area contributed by atoms with E-state index >= 15 is 0 Å². The first kappa shape index (κ1) is 11.4. The number of ether oxygens (including phenoxy) is 1. The minimum atomic E-state index is 0.872. The van der Waals surface area contributed by atoms with Gasteiger partial charge in [-0.05, 0) is 31.4 Å². The Hall–Kier alpha value is -1.09. The monoisotopic (exact) mass is 235 g/mol. The molecular formula is C13H17NOS. The zero-order valence-corrected chi connectivity index (χ0v) is 10.4. The van der Waals surface area contributed by atoms with Gasteiger partial charge in [-0.1, -0.05) is 24.4 Å². The van der Waals surface area contributed by atoms with Crippen LogP contribution in [0.1, 0.15) is 24.8 Å². The number of rotatable bonds is 2. The molecule has 86 valence electrons. The Morgan fingerprint density at radius 1 is 1.25 bits per heavy atom. The molecular weight excluding hydrogens is 218 g/mol. The molecule has 0 aliphatic carbocycles. The molecule has 0 radical (unpaired) electrons. The van der Waals surface area contributed by atoms with Crippen LogP contribution in [0.15, 0.2) is 24.3 Å². The number of likely N-dealkylation sites (tertiary alicyclic amines) is 1. The molecule has 0 unspecified atom stereocenters. The van der Waals surface area contributed by atoms with E-state index in [1.807, 2.05) is 18.2 Å². The van der Waals surface area contributed by atoms with Crippen LogP contribution in [-0.4, -0.2) is 30.1 Å². The lowest BCUT2D eigenvalue weighted by Gasteiger charge is -2.29. The summed E-state index contributed by atoms with van der Waals surface area (Å²) in [5, 5.41) is 0. The smallest absolute Gasteiger partial charge is 0.119 e. The highest BCUT2D eigenvalue weighted by atomic mass is 32.1. The summed E-state index contributed by atoms with van der Waals surface area (Å²) in [6.45, 7) is 2.19. The fourth-order valence-electron chi connectivity index (χ4n) is 2.04. The van der Waals surface area contributed by atoms with Gasteiger partial charge in [-0.3, -0.25) is 0 Å². The highest BCUT2D eigenvalue weighted by molar-refractivity contribution is 7.80. The normalized spacial score (nSPS) is 15.9. The Balaban J connectivity index is 2.12. The molecule has 1 aliphatic heterocycles. The third-order valence-electron chi connectivity index (χ3n) is 2.96. The summed E-state index contributed by atoms with van der Waals surface area (Å²) in [6.07, 6.45) is 3.84. The van der Waals surface area contributed by atoms with Gasteiger partial charge in [0.2, 0.25) is 0 Å². The van der Waals surface area contributed by atoms with Crippen LogP contribution in [0.25, 0.3) is 0 Å². The zero-order chi connectivity index (χ0) is 11.4. The Morgan fingerprint density at radius 3 is 2.69 bits per heavy atom. The fraction of sp³-hybridized carbons (Fsp3) is 0.462. The van der Waals surface area contributed by atoms with Gasteiger partial charge in [0.05, 0.1) is 7.11 Å². The molecule has 0 amide bonds. The maximum atomic E-state index is 5.52. The molecule has 2 nitrogen and oxygen atoms in total. The summed E-state index contributed by atoms with van der Waals surface area (Å²) in [6, 6.07) is 8.00. The van der Waals surface area contributed by atoms with Crippen LogP contribution in [0.4, 0.5) is 0 Å². The van der Waals surface area contributed by atoms with E-state index in [1.54, 1.807) is 7.11 Å². The number of methoxy groups -OCH3 is 1. The predicted molar refractivity (Wildman–Crippen MR) is 70.1 cm³/mol. The van der Waals surface area contributed by atoms with Crippen LogP contribution in [0.5, 0.6) is 5.75 Å². The van der Waals surface area contributed by atoms with Crippen molar-refractivity contribution in [2.24, 2.45) is 0 Å². The van der Waals surface area contributed by atoms with Crippen molar-refractivity contribution in [2.75, 3.05) is 20.2 Å². The van der Waals surface area contributed by atoms with E-state index in [0.717, 1.165) is 29.4 Å². The van der Waals surface area contributed by atoms with Crippen LogP contribution >= 0.6 is 12.2 Å². The van der Waals surface area contributed by atoms with Gasteiger partial charge in [-0.25, -0.2) is 0 Å². The Kier molecular flexibility index (Phi) is 3.78. The molecule has 1 aliphatic rings. The van der Waals surface area contributed by atoms with Crippen molar-refractivity contribution in [3.05, 3.63) is 29.8 Å². The van der Waals surface area contributed by atoms with E-state index in [4.69, 9.17) is 17.0 Å². The van der Waals surface area contributed by atoms with Gasteiger partial charge in [-0.2, -0.15) is 0 Å². The molecule has 16 heavy (non-hydrogen) atoms. The Bertz CT molecular complexity index is 372. The van der Waals surface area contributed by atoms with Gasteiger partial charge in [-0.15, -0.1) is 0 Å². The van der Waals surface area contributed by atoms with Crippen molar-refractivity contribution in [3.8, 4) is 5.75 Å². The quantitative estimate of drug-likeness (QED) is 0.731. The fourth-order valence-corrected chi connectivity index (χ4v) is 2.35. The van der Waals surface area contributed by atoms with Crippen molar-refractivity contribution in [3.63, 3.8) is 0 Å². The largest absolute Gasteiger partial charge is 0.497 e. The molecule has 0 N–H and O–H groups in total. The van der Waals surface area contributed by atoms with Gasteiger partial charge in [0.1, 0.15) is 10.7 Å². The predicted octanol–water partition coefficient (Wildman–Crippen LogP) is 2.86. The molecule has 2 rings (SSSR count). The first-order valence-electron chi connectivity index (χ1n) is 5.74. The van der Waals surface area contributed by atoms with Gasteiger partial charge in [0.15, 0.2) is 0 Å². The molecule has 1 fully saturated rings. The summed E-state index contributed by atoms with van der Waals surface area (Å²) in [5.41, 5.74) is 1.09. The maximum absolute atomic E-state index is 5.52. The van der Waals surface area contributed by atoms with Gasteiger partial charge in [0.25, 0.3) is 0 Å². The molecule has 0 bridgehead atoms. The van der Waals surface area contributed by atoms with Gasteiger partial charge >= 0.3 is 0 Å². The second-order valence-electron chi connectivity index (χ2n) is 4.08. The molecule has 3 heteroatoms. The van der Waals surface area contributed by atoms with Gasteiger partial charge in [0, 0.05) is 18.7 Å². The minimum absolute atomic E-state index is 0.872. The molecule has 1 aromatic carbocycles. The average Bonchev–Trinajstić information content (AvgIpc) is 2.39. The first-order chi connectivity index (χ1) is 7.81. The molecule has 1 aromatic rings. The summed E-state index contributed by atoms with van der Waals surface area (Å²) < 4.78 is 5.21. The number of hydrogen-bond donors (Lipinski definition) is 0. The standard InChI is InChI=1S/C13H17NOS/c1-15-12-7-5-6-11(10-12)13(16)14-8-3-2-4-9-14/h5-7,10H,2-4,8-9H2,1H3. The average molecular weight is 235 g/mol. The molecule has 0 saturated carbocycles. The van der Waals surface area contributed by atoms with E-state index in [1.165, 1.54) is 19.3 Å².